The van der Waals surface area contributed by atoms with E-state index in [1.807, 2.05) is 24.3 Å². The lowest BCUT2D eigenvalue weighted by molar-refractivity contribution is 0.313. The number of anilines is 1. The molecule has 1 aliphatic rings. The first-order valence-corrected chi connectivity index (χ1v) is 10.9. The number of imidazole rings is 2. The highest BCUT2D eigenvalue weighted by Crippen LogP contribution is 2.28. The third-order valence-electron chi connectivity index (χ3n) is 6.23. The number of aromatic amines is 2. The standard InChI is InChI=1S/C25H24N6O.3ClH/c1-30-10-12-31(13-11-30)18-5-9-21-23(15-18)29-25(27-21)17-4-8-20-22(14-17)28-24(26-20)16-2-6-19(32)7-3-16;;;/h2-9,14-15,32H,10-13H2,1H3,(H,26,28)(H,27,29);3*1H. The van der Waals surface area contributed by atoms with Gasteiger partial charge in [-0.1, -0.05) is 0 Å². The van der Waals surface area contributed by atoms with E-state index in [2.05, 4.69) is 56.1 Å². The van der Waals surface area contributed by atoms with Gasteiger partial charge in [-0.2, -0.15) is 0 Å². The van der Waals surface area contributed by atoms with Crippen LogP contribution >= 0.6 is 37.2 Å². The molecule has 3 heterocycles. The molecular formula is C25H27Cl3N6O. The topological polar surface area (TPSA) is 84.1 Å². The summed E-state index contributed by atoms with van der Waals surface area (Å²) in [5.41, 5.74) is 7.03. The Morgan fingerprint density at radius 1 is 0.686 bits per heavy atom. The zero-order valence-corrected chi connectivity index (χ0v) is 21.5. The first-order valence-electron chi connectivity index (χ1n) is 10.9. The fraction of sp³-hybridized carbons (Fsp3) is 0.200. The highest BCUT2D eigenvalue weighted by molar-refractivity contribution is 5.87. The summed E-state index contributed by atoms with van der Waals surface area (Å²) >= 11 is 0. The fourth-order valence-corrected chi connectivity index (χ4v) is 4.31. The summed E-state index contributed by atoms with van der Waals surface area (Å²) in [5, 5.41) is 9.52. The van der Waals surface area contributed by atoms with Crippen LogP contribution in [0.5, 0.6) is 5.75 Å². The number of halogens is 3. The minimum absolute atomic E-state index is 0. The van der Waals surface area contributed by atoms with Crippen LogP contribution in [0.2, 0.25) is 0 Å². The van der Waals surface area contributed by atoms with Crippen LogP contribution in [0.1, 0.15) is 0 Å². The van der Waals surface area contributed by atoms with Crippen molar-refractivity contribution < 1.29 is 5.11 Å². The number of nitrogens with one attached hydrogen (secondary N) is 2. The Balaban J connectivity index is 0.00000114. The molecule has 0 bridgehead atoms. The predicted molar refractivity (Wildman–Crippen MR) is 150 cm³/mol. The monoisotopic (exact) mass is 532 g/mol. The van der Waals surface area contributed by atoms with Gasteiger partial charge < -0.3 is 24.9 Å². The predicted octanol–water partition coefficient (Wildman–Crippen LogP) is 5.50. The molecule has 0 radical (unpaired) electrons. The normalized spacial score (nSPS) is 13.8. The van der Waals surface area contributed by atoms with Gasteiger partial charge in [-0.05, 0) is 67.7 Å². The number of aromatic hydroxyl groups is 1. The van der Waals surface area contributed by atoms with Crippen molar-refractivity contribution in [2.75, 3.05) is 38.1 Å². The Labute approximate surface area is 221 Å². The fourth-order valence-electron chi connectivity index (χ4n) is 4.31. The number of nitrogens with zero attached hydrogens (tertiary/aromatic N) is 4. The number of aromatic nitrogens is 4. The number of phenolic OH excluding ortho intramolecular Hbond substituents is 1. The first-order chi connectivity index (χ1) is 15.6. The molecule has 0 saturated carbocycles. The van der Waals surface area contributed by atoms with E-state index in [4.69, 9.17) is 4.98 Å². The van der Waals surface area contributed by atoms with Crippen LogP contribution in [0.4, 0.5) is 5.69 Å². The number of H-pyrrole nitrogens is 2. The lowest BCUT2D eigenvalue weighted by Crippen LogP contribution is -2.44. The SMILES string of the molecule is CN1CCN(c2ccc3nc(-c4ccc5nc(-c6ccc(O)cc6)[nH]c5c4)[nH]c3c2)CC1.Cl.Cl.Cl. The number of rotatable bonds is 3. The molecule has 3 aromatic carbocycles. The van der Waals surface area contributed by atoms with Crippen molar-refractivity contribution in [2.45, 2.75) is 0 Å². The van der Waals surface area contributed by atoms with Crippen molar-refractivity contribution >= 4 is 65.0 Å². The maximum absolute atomic E-state index is 9.52. The number of fused-ring (bicyclic) bond motifs is 2. The number of phenols is 1. The largest absolute Gasteiger partial charge is 0.508 e. The van der Waals surface area contributed by atoms with Crippen LogP contribution in [0.3, 0.4) is 0 Å². The minimum Gasteiger partial charge on any atom is -0.508 e. The Bertz CT molecular complexity index is 1420. The van der Waals surface area contributed by atoms with Gasteiger partial charge in [0.25, 0.3) is 0 Å². The van der Waals surface area contributed by atoms with E-state index in [-0.39, 0.29) is 43.0 Å². The molecule has 0 aliphatic carbocycles. The van der Waals surface area contributed by atoms with E-state index in [0.717, 1.165) is 71.0 Å². The van der Waals surface area contributed by atoms with Gasteiger partial charge in [0, 0.05) is 43.0 Å². The lowest BCUT2D eigenvalue weighted by atomic mass is 10.2. The maximum Gasteiger partial charge on any atom is 0.138 e. The molecule has 1 aliphatic heterocycles. The number of hydrogen-bond acceptors (Lipinski definition) is 5. The zero-order chi connectivity index (χ0) is 21.7. The first kappa shape index (κ1) is 26.6. The van der Waals surface area contributed by atoms with Crippen molar-refractivity contribution in [1.29, 1.82) is 0 Å². The Hall–Kier alpha value is -2.97. The minimum atomic E-state index is 0. The molecule has 184 valence electrons. The molecule has 0 unspecified atom stereocenters. The second-order valence-corrected chi connectivity index (χ2v) is 8.44. The molecule has 5 aromatic rings. The summed E-state index contributed by atoms with van der Waals surface area (Å²) in [7, 11) is 2.17. The van der Waals surface area contributed by atoms with Gasteiger partial charge in [-0.25, -0.2) is 9.97 Å². The molecule has 7 nitrogen and oxygen atoms in total. The summed E-state index contributed by atoms with van der Waals surface area (Å²) in [6.45, 7) is 4.26. The van der Waals surface area contributed by atoms with Crippen LogP contribution in [0, 0.1) is 0 Å². The third-order valence-corrected chi connectivity index (χ3v) is 6.23. The van der Waals surface area contributed by atoms with Crippen molar-refractivity contribution in [1.82, 2.24) is 24.8 Å². The molecule has 6 rings (SSSR count). The second kappa shape index (κ2) is 10.7. The molecule has 2 aromatic heterocycles. The summed E-state index contributed by atoms with van der Waals surface area (Å²) in [6, 6.07) is 19.6. The van der Waals surface area contributed by atoms with Crippen LogP contribution < -0.4 is 4.90 Å². The van der Waals surface area contributed by atoms with Gasteiger partial charge in [-0.3, -0.25) is 0 Å². The Kier molecular flexibility index (Phi) is 8.18. The summed E-state index contributed by atoms with van der Waals surface area (Å²) < 4.78 is 0. The van der Waals surface area contributed by atoms with Gasteiger partial charge >= 0.3 is 0 Å². The molecular weight excluding hydrogens is 507 g/mol. The van der Waals surface area contributed by atoms with Crippen LogP contribution in [-0.4, -0.2) is 63.2 Å². The summed E-state index contributed by atoms with van der Waals surface area (Å²) in [6.07, 6.45) is 0. The molecule has 0 amide bonds. The lowest BCUT2D eigenvalue weighted by Gasteiger charge is -2.34. The molecule has 3 N–H and O–H groups in total. The van der Waals surface area contributed by atoms with E-state index >= 15 is 0 Å². The van der Waals surface area contributed by atoms with Crippen LogP contribution in [0.25, 0.3) is 44.8 Å². The highest BCUT2D eigenvalue weighted by atomic mass is 35.5. The molecule has 10 heteroatoms. The van der Waals surface area contributed by atoms with Crippen molar-refractivity contribution in [3.8, 4) is 28.5 Å². The van der Waals surface area contributed by atoms with E-state index in [1.165, 1.54) is 5.69 Å². The van der Waals surface area contributed by atoms with Crippen LogP contribution in [0.15, 0.2) is 60.7 Å². The average Bonchev–Trinajstić information content (AvgIpc) is 3.43. The third kappa shape index (κ3) is 5.18. The molecule has 35 heavy (non-hydrogen) atoms. The quantitative estimate of drug-likeness (QED) is 0.285. The second-order valence-electron chi connectivity index (χ2n) is 8.44. The zero-order valence-electron chi connectivity index (χ0n) is 19.1. The van der Waals surface area contributed by atoms with Gasteiger partial charge in [0.15, 0.2) is 0 Å². The summed E-state index contributed by atoms with van der Waals surface area (Å²) in [4.78, 5) is 21.2. The number of piperazine rings is 1. The van der Waals surface area contributed by atoms with Crippen molar-refractivity contribution in [3.63, 3.8) is 0 Å². The molecule has 1 fully saturated rings. The molecule has 0 spiro atoms. The highest BCUT2D eigenvalue weighted by Gasteiger charge is 2.16. The Morgan fingerprint density at radius 3 is 1.89 bits per heavy atom. The smallest absolute Gasteiger partial charge is 0.138 e. The van der Waals surface area contributed by atoms with E-state index in [0.29, 0.717) is 0 Å². The van der Waals surface area contributed by atoms with Gasteiger partial charge in [0.1, 0.15) is 17.4 Å². The maximum atomic E-state index is 9.52. The van der Waals surface area contributed by atoms with Crippen LogP contribution in [-0.2, 0) is 0 Å². The van der Waals surface area contributed by atoms with E-state index in [1.54, 1.807) is 12.1 Å². The summed E-state index contributed by atoms with van der Waals surface area (Å²) in [5.74, 6) is 1.87. The van der Waals surface area contributed by atoms with Crippen molar-refractivity contribution in [2.24, 2.45) is 0 Å². The van der Waals surface area contributed by atoms with Gasteiger partial charge in [0.2, 0.25) is 0 Å². The Morgan fingerprint density at radius 2 is 1.23 bits per heavy atom. The number of likely N-dealkylation sites (N-methyl/N-ethyl adjacent to an activating group) is 1. The van der Waals surface area contributed by atoms with Gasteiger partial charge in [0.05, 0.1) is 22.1 Å². The van der Waals surface area contributed by atoms with Gasteiger partial charge in [-0.15, -0.1) is 37.2 Å². The average molecular weight is 534 g/mol. The van der Waals surface area contributed by atoms with E-state index < -0.39 is 0 Å². The molecule has 0 atom stereocenters. The number of benzene rings is 3. The van der Waals surface area contributed by atoms with Crippen molar-refractivity contribution in [3.05, 3.63) is 60.7 Å². The molecule has 1 saturated heterocycles. The number of hydrogen-bond donors (Lipinski definition) is 3. The van der Waals surface area contributed by atoms with E-state index in [9.17, 15) is 5.11 Å².